The zero-order valence-electron chi connectivity index (χ0n) is 17.3. The zero-order valence-corrected chi connectivity index (χ0v) is 17.3. The van der Waals surface area contributed by atoms with Crippen molar-refractivity contribution in [2.75, 3.05) is 0 Å². The van der Waals surface area contributed by atoms with Crippen molar-refractivity contribution in [3.8, 4) is 0 Å². The van der Waals surface area contributed by atoms with Gasteiger partial charge < -0.3 is 0 Å². The van der Waals surface area contributed by atoms with Gasteiger partial charge in [0.25, 0.3) is 0 Å². The first kappa shape index (κ1) is 19.4. The lowest BCUT2D eigenvalue weighted by molar-refractivity contribution is -0.119. The van der Waals surface area contributed by atoms with Crippen molar-refractivity contribution in [3.63, 3.8) is 0 Å². The predicted octanol–water partition coefficient (Wildman–Crippen LogP) is 7.07. The molecule has 3 aromatic carbocycles. The highest BCUT2D eigenvalue weighted by molar-refractivity contribution is 6.35. The molecule has 0 radical (unpaired) electrons. The van der Waals surface area contributed by atoms with Crippen molar-refractivity contribution in [1.29, 1.82) is 0 Å². The van der Waals surface area contributed by atoms with Crippen LogP contribution >= 0.6 is 0 Å². The molecular formula is C28H28O. The number of fused-ring (bicyclic) bond motifs is 1. The van der Waals surface area contributed by atoms with Gasteiger partial charge in [-0.1, -0.05) is 112 Å². The number of ketones is 1. The Morgan fingerprint density at radius 3 is 1.66 bits per heavy atom. The summed E-state index contributed by atoms with van der Waals surface area (Å²) in [5, 5.41) is 0. The van der Waals surface area contributed by atoms with Crippen molar-refractivity contribution < 1.29 is 4.79 Å². The Bertz CT molecular complexity index is 1020. The van der Waals surface area contributed by atoms with Crippen LogP contribution in [0.5, 0.6) is 0 Å². The second-order valence-corrected chi connectivity index (χ2v) is 7.94. The summed E-state index contributed by atoms with van der Waals surface area (Å²) in [6, 6.07) is 29.2. The summed E-state index contributed by atoms with van der Waals surface area (Å²) in [5.41, 5.74) is 6.03. The molecular weight excluding hydrogens is 352 g/mol. The van der Waals surface area contributed by atoms with Crippen LogP contribution in [0.3, 0.4) is 0 Å². The molecule has 0 unspecified atom stereocenters. The largest absolute Gasteiger partial charge is 0.293 e. The molecule has 1 aliphatic rings. The average molecular weight is 381 g/mol. The highest BCUT2D eigenvalue weighted by Crippen LogP contribution is 2.50. The van der Waals surface area contributed by atoms with Gasteiger partial charge >= 0.3 is 0 Å². The Kier molecular flexibility index (Phi) is 5.49. The first-order chi connectivity index (χ1) is 14.2. The molecule has 0 atom stereocenters. The van der Waals surface area contributed by atoms with Crippen LogP contribution in [0, 0.1) is 0 Å². The number of carbonyl (C=O) groups excluding carboxylic acids is 1. The molecule has 0 saturated carbocycles. The molecule has 0 aliphatic heterocycles. The quantitative estimate of drug-likeness (QED) is 0.447. The minimum atomic E-state index is -0.441. The zero-order chi connectivity index (χ0) is 20.3. The third-order valence-electron chi connectivity index (χ3n) is 6.10. The smallest absolute Gasteiger partial charge is 0.174 e. The fourth-order valence-electron chi connectivity index (χ4n) is 4.99. The van der Waals surface area contributed by atoms with Gasteiger partial charge in [-0.25, -0.2) is 0 Å². The van der Waals surface area contributed by atoms with Crippen LogP contribution in [0.4, 0.5) is 0 Å². The van der Waals surface area contributed by atoms with E-state index in [0.717, 1.165) is 48.0 Å². The van der Waals surface area contributed by atoms with Crippen LogP contribution in [-0.2, 0) is 10.2 Å². The van der Waals surface area contributed by atoms with Crippen LogP contribution < -0.4 is 0 Å². The van der Waals surface area contributed by atoms with Gasteiger partial charge in [0.1, 0.15) is 0 Å². The Hall–Kier alpha value is -2.93. The third kappa shape index (κ3) is 3.25. The SMILES string of the molecule is CCCC1(CCC)C(=O)C(c2ccccc2)=C(c2ccccc2)c2ccccc21. The molecule has 29 heavy (non-hydrogen) atoms. The molecule has 1 aliphatic carbocycles. The van der Waals surface area contributed by atoms with Gasteiger partial charge in [-0.15, -0.1) is 0 Å². The predicted molar refractivity (Wildman–Crippen MR) is 122 cm³/mol. The summed E-state index contributed by atoms with van der Waals surface area (Å²) in [6.45, 7) is 4.37. The second kappa shape index (κ2) is 8.21. The monoisotopic (exact) mass is 380 g/mol. The van der Waals surface area contributed by atoms with Crippen LogP contribution in [0.15, 0.2) is 84.9 Å². The van der Waals surface area contributed by atoms with Gasteiger partial charge in [0.2, 0.25) is 0 Å². The molecule has 4 rings (SSSR count). The van der Waals surface area contributed by atoms with E-state index in [1.54, 1.807) is 0 Å². The van der Waals surface area contributed by atoms with Gasteiger partial charge in [-0.2, -0.15) is 0 Å². The number of rotatable bonds is 6. The minimum absolute atomic E-state index is 0.282. The second-order valence-electron chi connectivity index (χ2n) is 7.94. The van der Waals surface area contributed by atoms with E-state index in [1.165, 1.54) is 11.1 Å². The highest BCUT2D eigenvalue weighted by Gasteiger charge is 2.46. The number of hydrogen-bond acceptors (Lipinski definition) is 1. The van der Waals surface area contributed by atoms with Crippen LogP contribution in [0.25, 0.3) is 11.1 Å². The summed E-state index contributed by atoms with van der Waals surface area (Å²) in [7, 11) is 0. The van der Waals surface area contributed by atoms with Gasteiger partial charge in [-0.05, 0) is 35.1 Å². The molecule has 0 saturated heterocycles. The van der Waals surface area contributed by atoms with E-state index in [-0.39, 0.29) is 5.78 Å². The third-order valence-corrected chi connectivity index (χ3v) is 6.10. The maximum Gasteiger partial charge on any atom is 0.174 e. The van der Waals surface area contributed by atoms with E-state index in [1.807, 2.05) is 24.3 Å². The highest BCUT2D eigenvalue weighted by atomic mass is 16.1. The molecule has 0 fully saturated rings. The topological polar surface area (TPSA) is 17.1 Å². The molecule has 0 bridgehead atoms. The van der Waals surface area contributed by atoms with E-state index in [4.69, 9.17) is 0 Å². The van der Waals surface area contributed by atoms with E-state index in [0.29, 0.717) is 0 Å². The number of carbonyl (C=O) groups is 1. The summed E-state index contributed by atoms with van der Waals surface area (Å²) < 4.78 is 0. The fourth-order valence-corrected chi connectivity index (χ4v) is 4.99. The average Bonchev–Trinajstić information content (AvgIpc) is 2.77. The Labute approximate surface area is 174 Å². The molecule has 0 N–H and O–H groups in total. The van der Waals surface area contributed by atoms with Crippen LogP contribution in [0.1, 0.15) is 61.8 Å². The Morgan fingerprint density at radius 1 is 0.621 bits per heavy atom. The van der Waals surface area contributed by atoms with E-state index in [9.17, 15) is 4.79 Å². The van der Waals surface area contributed by atoms with Crippen molar-refractivity contribution in [2.24, 2.45) is 0 Å². The molecule has 1 heteroatoms. The van der Waals surface area contributed by atoms with E-state index < -0.39 is 5.41 Å². The number of hydrogen-bond donors (Lipinski definition) is 0. The number of benzene rings is 3. The van der Waals surface area contributed by atoms with Crippen molar-refractivity contribution >= 4 is 16.9 Å². The lowest BCUT2D eigenvalue weighted by Gasteiger charge is -2.40. The maximum absolute atomic E-state index is 14.3. The summed E-state index contributed by atoms with van der Waals surface area (Å²) >= 11 is 0. The first-order valence-electron chi connectivity index (χ1n) is 10.7. The molecule has 146 valence electrons. The van der Waals surface area contributed by atoms with E-state index >= 15 is 0 Å². The Balaban J connectivity index is 2.11. The molecule has 1 nitrogen and oxygen atoms in total. The molecule has 0 amide bonds. The van der Waals surface area contributed by atoms with Crippen molar-refractivity contribution in [1.82, 2.24) is 0 Å². The molecule has 0 aromatic heterocycles. The fraction of sp³-hybridized carbons (Fsp3) is 0.250. The number of Topliss-reactive ketones (excluding diaryl/α,β-unsaturated/α-hetero) is 1. The van der Waals surface area contributed by atoms with Gasteiger partial charge in [-0.3, -0.25) is 4.79 Å². The standard InChI is InChI=1S/C28H28O/c1-3-19-28(20-4-2)24-18-12-11-17-23(24)25(21-13-7-5-8-14-21)26(27(28)29)22-15-9-6-10-16-22/h5-18H,3-4,19-20H2,1-2H3. The van der Waals surface area contributed by atoms with Crippen LogP contribution in [0.2, 0.25) is 0 Å². The number of allylic oxidation sites excluding steroid dienone is 1. The lowest BCUT2D eigenvalue weighted by Crippen LogP contribution is -2.40. The first-order valence-corrected chi connectivity index (χ1v) is 10.7. The van der Waals surface area contributed by atoms with Gasteiger partial charge in [0.15, 0.2) is 5.78 Å². The van der Waals surface area contributed by atoms with Crippen molar-refractivity contribution in [3.05, 3.63) is 107 Å². The Morgan fingerprint density at radius 2 is 1.10 bits per heavy atom. The minimum Gasteiger partial charge on any atom is -0.293 e. The molecule has 0 spiro atoms. The van der Waals surface area contributed by atoms with E-state index in [2.05, 4.69) is 74.5 Å². The summed E-state index contributed by atoms with van der Waals surface area (Å²) in [4.78, 5) is 14.3. The van der Waals surface area contributed by atoms with Crippen molar-refractivity contribution in [2.45, 2.75) is 44.9 Å². The lowest BCUT2D eigenvalue weighted by atomic mass is 9.61. The summed E-state index contributed by atoms with van der Waals surface area (Å²) in [6.07, 6.45) is 3.75. The summed E-state index contributed by atoms with van der Waals surface area (Å²) in [5.74, 6) is 0.282. The molecule has 0 heterocycles. The normalized spacial score (nSPS) is 15.3. The van der Waals surface area contributed by atoms with Gasteiger partial charge in [0.05, 0.1) is 5.41 Å². The molecule has 3 aromatic rings. The maximum atomic E-state index is 14.3. The van der Waals surface area contributed by atoms with Gasteiger partial charge in [0, 0.05) is 11.1 Å². The van der Waals surface area contributed by atoms with Crippen LogP contribution in [-0.4, -0.2) is 5.78 Å².